The Morgan fingerprint density at radius 3 is 2.90 bits per heavy atom. The van der Waals surface area contributed by atoms with Gasteiger partial charge in [-0.15, -0.1) is 0 Å². The van der Waals surface area contributed by atoms with Gasteiger partial charge in [-0.1, -0.05) is 12.1 Å². The van der Waals surface area contributed by atoms with Gasteiger partial charge in [0.05, 0.1) is 16.9 Å². The van der Waals surface area contributed by atoms with Gasteiger partial charge < -0.3 is 9.80 Å². The van der Waals surface area contributed by atoms with E-state index in [4.69, 9.17) is 0 Å². The van der Waals surface area contributed by atoms with Crippen molar-refractivity contribution in [3.8, 4) is 0 Å². The third-order valence-corrected chi connectivity index (χ3v) is 4.33. The molecule has 21 heavy (non-hydrogen) atoms. The lowest BCUT2D eigenvalue weighted by Gasteiger charge is -2.41. The van der Waals surface area contributed by atoms with E-state index in [1.54, 1.807) is 12.4 Å². The van der Waals surface area contributed by atoms with E-state index in [-0.39, 0.29) is 5.91 Å². The first-order chi connectivity index (χ1) is 10.3. The maximum atomic E-state index is 12.8. The molecule has 0 bridgehead atoms. The second kappa shape index (κ2) is 4.88. The Balaban J connectivity index is 1.77. The average molecular weight is 279 g/mol. The summed E-state index contributed by atoms with van der Waals surface area (Å²) in [7, 11) is 0. The maximum absolute atomic E-state index is 12.8. The summed E-state index contributed by atoms with van der Waals surface area (Å²) in [6, 6.07) is 9.95. The highest BCUT2D eigenvalue weighted by molar-refractivity contribution is 6.08. The quantitative estimate of drug-likeness (QED) is 0.804. The smallest absolute Gasteiger partial charge is 0.259 e. The summed E-state index contributed by atoms with van der Waals surface area (Å²) >= 11 is 0. The van der Waals surface area contributed by atoms with Crippen LogP contribution in [0.5, 0.6) is 0 Å². The van der Waals surface area contributed by atoms with Crippen LogP contribution in [0.25, 0.3) is 0 Å². The van der Waals surface area contributed by atoms with Crippen LogP contribution in [0, 0.1) is 0 Å². The topological polar surface area (TPSA) is 36.4 Å². The van der Waals surface area contributed by atoms with Crippen LogP contribution in [0.3, 0.4) is 0 Å². The van der Waals surface area contributed by atoms with Crippen LogP contribution in [0.15, 0.2) is 42.7 Å². The number of hydrogen-bond acceptors (Lipinski definition) is 3. The summed E-state index contributed by atoms with van der Waals surface area (Å²) < 4.78 is 0. The van der Waals surface area contributed by atoms with Gasteiger partial charge in [-0.2, -0.15) is 0 Å². The molecule has 0 saturated heterocycles. The van der Waals surface area contributed by atoms with Gasteiger partial charge in [0, 0.05) is 32.0 Å². The Morgan fingerprint density at radius 1 is 1.10 bits per heavy atom. The van der Waals surface area contributed by atoms with E-state index in [1.165, 1.54) is 17.7 Å². The number of amides is 1. The zero-order valence-corrected chi connectivity index (χ0v) is 11.8. The van der Waals surface area contributed by atoms with E-state index < -0.39 is 0 Å². The first kappa shape index (κ1) is 12.4. The van der Waals surface area contributed by atoms with Crippen molar-refractivity contribution in [1.82, 2.24) is 4.98 Å². The second-order valence-corrected chi connectivity index (χ2v) is 5.57. The van der Waals surface area contributed by atoms with Gasteiger partial charge in [-0.25, -0.2) is 0 Å². The van der Waals surface area contributed by atoms with Gasteiger partial charge in [-0.05, 0) is 36.6 Å². The molecule has 0 fully saturated rings. The van der Waals surface area contributed by atoms with E-state index in [0.29, 0.717) is 5.56 Å². The molecule has 106 valence electrons. The van der Waals surface area contributed by atoms with Crippen molar-refractivity contribution in [1.29, 1.82) is 0 Å². The summed E-state index contributed by atoms with van der Waals surface area (Å²) in [5.74, 6) is 0.0433. The van der Waals surface area contributed by atoms with Gasteiger partial charge in [0.15, 0.2) is 0 Å². The lowest BCUT2D eigenvalue weighted by atomic mass is 9.97. The molecule has 2 aromatic rings. The third-order valence-electron chi connectivity index (χ3n) is 4.33. The van der Waals surface area contributed by atoms with Gasteiger partial charge in [0.25, 0.3) is 5.91 Å². The van der Waals surface area contributed by atoms with Crippen molar-refractivity contribution in [2.75, 3.05) is 29.4 Å². The SMILES string of the molecule is O=C(c1cccnc1)N1CCN2CCCc3cccc1c32. The third kappa shape index (κ3) is 1.98. The Labute approximate surface area is 124 Å². The monoisotopic (exact) mass is 279 g/mol. The van der Waals surface area contributed by atoms with Crippen LogP contribution >= 0.6 is 0 Å². The fourth-order valence-electron chi connectivity index (χ4n) is 3.36. The minimum absolute atomic E-state index is 0.0433. The van der Waals surface area contributed by atoms with Crippen molar-refractivity contribution in [3.05, 3.63) is 53.9 Å². The van der Waals surface area contributed by atoms with Crippen LogP contribution < -0.4 is 9.80 Å². The van der Waals surface area contributed by atoms with Gasteiger partial charge in [0.2, 0.25) is 0 Å². The van der Waals surface area contributed by atoms with Gasteiger partial charge in [0.1, 0.15) is 0 Å². The Hall–Kier alpha value is -2.36. The minimum Gasteiger partial charge on any atom is -0.368 e. The molecule has 1 aromatic carbocycles. The number of anilines is 2. The molecule has 4 nitrogen and oxygen atoms in total. The van der Waals surface area contributed by atoms with E-state index in [1.807, 2.05) is 17.0 Å². The molecule has 2 aliphatic rings. The fourth-order valence-corrected chi connectivity index (χ4v) is 3.36. The zero-order valence-electron chi connectivity index (χ0n) is 11.8. The molecule has 0 aliphatic carbocycles. The van der Waals surface area contributed by atoms with E-state index >= 15 is 0 Å². The first-order valence-corrected chi connectivity index (χ1v) is 7.43. The number of aryl methyl sites for hydroxylation is 1. The standard InChI is InChI=1S/C17H17N3O/c21-17(14-5-2-8-18-12-14)20-11-10-19-9-3-6-13-4-1-7-15(20)16(13)19/h1-2,4-5,7-8,12H,3,6,9-11H2. The van der Waals surface area contributed by atoms with E-state index in [9.17, 15) is 4.79 Å². The van der Waals surface area contributed by atoms with Crippen LogP contribution in [0.2, 0.25) is 0 Å². The highest BCUT2D eigenvalue weighted by Crippen LogP contribution is 2.39. The van der Waals surface area contributed by atoms with Crippen molar-refractivity contribution in [2.24, 2.45) is 0 Å². The number of benzene rings is 1. The number of carbonyl (C=O) groups is 1. The highest BCUT2D eigenvalue weighted by Gasteiger charge is 2.30. The largest absolute Gasteiger partial charge is 0.368 e. The molecule has 2 aliphatic heterocycles. The lowest BCUT2D eigenvalue weighted by molar-refractivity contribution is 0.0986. The number of carbonyl (C=O) groups excluding carboxylic acids is 1. The molecular formula is C17H17N3O. The van der Waals surface area contributed by atoms with Crippen LogP contribution in [-0.4, -0.2) is 30.5 Å². The number of rotatable bonds is 1. The lowest BCUT2D eigenvalue weighted by Crippen LogP contribution is -2.46. The number of para-hydroxylation sites is 1. The Morgan fingerprint density at radius 2 is 2.05 bits per heavy atom. The molecule has 0 unspecified atom stereocenters. The summed E-state index contributed by atoms with van der Waals surface area (Å²) in [6.45, 7) is 2.75. The van der Waals surface area contributed by atoms with Crippen molar-refractivity contribution in [2.45, 2.75) is 12.8 Å². The molecule has 0 saturated carbocycles. The van der Waals surface area contributed by atoms with Gasteiger partial charge >= 0.3 is 0 Å². The second-order valence-electron chi connectivity index (χ2n) is 5.57. The summed E-state index contributed by atoms with van der Waals surface area (Å²) in [5, 5.41) is 0. The molecule has 3 heterocycles. The van der Waals surface area contributed by atoms with E-state index in [0.717, 1.165) is 31.7 Å². The zero-order chi connectivity index (χ0) is 14.2. The van der Waals surface area contributed by atoms with Crippen LogP contribution in [0.4, 0.5) is 11.4 Å². The Kier molecular flexibility index (Phi) is 2.88. The number of nitrogens with zero attached hydrogens (tertiary/aromatic N) is 3. The van der Waals surface area contributed by atoms with Crippen LogP contribution in [0.1, 0.15) is 22.3 Å². The molecule has 4 rings (SSSR count). The molecule has 1 amide bonds. The van der Waals surface area contributed by atoms with Crippen molar-refractivity contribution in [3.63, 3.8) is 0 Å². The summed E-state index contributed by atoms with van der Waals surface area (Å²) in [6.07, 6.45) is 5.64. The normalized spacial score (nSPS) is 16.6. The number of aromatic nitrogens is 1. The molecular weight excluding hydrogens is 262 g/mol. The van der Waals surface area contributed by atoms with Gasteiger partial charge in [-0.3, -0.25) is 9.78 Å². The molecule has 0 N–H and O–H groups in total. The summed E-state index contributed by atoms with van der Waals surface area (Å²) in [4.78, 5) is 21.1. The number of pyridine rings is 1. The van der Waals surface area contributed by atoms with E-state index in [2.05, 4.69) is 28.1 Å². The summed E-state index contributed by atoms with van der Waals surface area (Å²) in [5.41, 5.74) is 4.32. The predicted octanol–water partition coefficient (Wildman–Crippen LogP) is 2.49. The molecule has 1 aromatic heterocycles. The molecule has 0 radical (unpaired) electrons. The fraction of sp³-hybridized carbons (Fsp3) is 0.294. The molecule has 0 spiro atoms. The Bertz CT molecular complexity index is 684. The van der Waals surface area contributed by atoms with Crippen LogP contribution in [-0.2, 0) is 6.42 Å². The molecule has 0 atom stereocenters. The van der Waals surface area contributed by atoms with Crippen molar-refractivity contribution >= 4 is 17.3 Å². The molecule has 4 heteroatoms. The number of hydrogen-bond donors (Lipinski definition) is 0. The predicted molar refractivity (Wildman–Crippen MR) is 82.9 cm³/mol. The first-order valence-electron chi connectivity index (χ1n) is 7.43. The average Bonchev–Trinajstić information content (AvgIpc) is 2.56. The van der Waals surface area contributed by atoms with Crippen molar-refractivity contribution < 1.29 is 4.79 Å². The maximum Gasteiger partial charge on any atom is 0.259 e. The minimum atomic E-state index is 0.0433. The highest BCUT2D eigenvalue weighted by atomic mass is 16.2.